The van der Waals surface area contributed by atoms with Crippen molar-refractivity contribution in [3.63, 3.8) is 0 Å². The molecule has 2 atom stereocenters. The van der Waals surface area contributed by atoms with Crippen molar-refractivity contribution >= 4 is 11.9 Å². The van der Waals surface area contributed by atoms with Crippen molar-refractivity contribution in [1.82, 2.24) is 0 Å². The van der Waals surface area contributed by atoms with Crippen LogP contribution >= 0.6 is 0 Å². The van der Waals surface area contributed by atoms with E-state index in [0.717, 1.165) is 5.57 Å². The summed E-state index contributed by atoms with van der Waals surface area (Å²) >= 11 is 0. The molecular formula is C11H16O4. The third-order valence-electron chi connectivity index (χ3n) is 2.95. The topological polar surface area (TPSA) is 74.6 Å². The summed E-state index contributed by atoms with van der Waals surface area (Å²) in [6.45, 7) is 3.98. The SMILES string of the molecule is CC(C)C1=CC[C@H](C(=O)O)[C@H](C(=O)O)C1. The summed E-state index contributed by atoms with van der Waals surface area (Å²) in [4.78, 5) is 21.8. The molecule has 0 spiro atoms. The lowest BCUT2D eigenvalue weighted by molar-refractivity contribution is -0.154. The molecule has 0 aromatic heterocycles. The van der Waals surface area contributed by atoms with Crippen LogP contribution in [0.4, 0.5) is 0 Å². The normalized spacial score (nSPS) is 26.2. The van der Waals surface area contributed by atoms with Crippen LogP contribution in [0.3, 0.4) is 0 Å². The largest absolute Gasteiger partial charge is 0.481 e. The molecule has 1 aliphatic rings. The van der Waals surface area contributed by atoms with Crippen LogP contribution in [0.2, 0.25) is 0 Å². The maximum atomic E-state index is 10.9. The van der Waals surface area contributed by atoms with E-state index < -0.39 is 23.8 Å². The van der Waals surface area contributed by atoms with E-state index >= 15 is 0 Å². The van der Waals surface area contributed by atoms with Gasteiger partial charge in [-0.05, 0) is 18.8 Å². The lowest BCUT2D eigenvalue weighted by atomic mass is 9.77. The van der Waals surface area contributed by atoms with Gasteiger partial charge in [0, 0.05) is 0 Å². The molecule has 0 aliphatic heterocycles. The van der Waals surface area contributed by atoms with Crippen LogP contribution in [0.25, 0.3) is 0 Å². The predicted octanol–water partition coefficient (Wildman–Crippen LogP) is 1.76. The zero-order chi connectivity index (χ0) is 11.6. The monoisotopic (exact) mass is 212 g/mol. The molecule has 0 aromatic carbocycles. The molecule has 1 aliphatic carbocycles. The summed E-state index contributed by atoms with van der Waals surface area (Å²) in [5, 5.41) is 17.9. The molecule has 0 aromatic rings. The van der Waals surface area contributed by atoms with Crippen molar-refractivity contribution in [1.29, 1.82) is 0 Å². The van der Waals surface area contributed by atoms with E-state index in [9.17, 15) is 9.59 Å². The maximum absolute atomic E-state index is 10.9. The third-order valence-corrected chi connectivity index (χ3v) is 2.95. The van der Waals surface area contributed by atoms with E-state index in [1.54, 1.807) is 0 Å². The fourth-order valence-electron chi connectivity index (χ4n) is 1.93. The van der Waals surface area contributed by atoms with E-state index in [0.29, 0.717) is 18.8 Å². The Kier molecular flexibility index (Phi) is 3.50. The first-order valence-electron chi connectivity index (χ1n) is 5.08. The Morgan fingerprint density at radius 3 is 2.20 bits per heavy atom. The van der Waals surface area contributed by atoms with Crippen LogP contribution in [-0.2, 0) is 9.59 Å². The molecule has 0 radical (unpaired) electrons. The standard InChI is InChI=1S/C11H16O4/c1-6(2)7-3-4-8(10(12)13)9(5-7)11(14)15/h3,6,8-9H,4-5H2,1-2H3,(H,12,13)(H,14,15)/t8-,9+/m0/s1. The minimum absolute atomic E-state index is 0.293. The lowest BCUT2D eigenvalue weighted by Gasteiger charge is -2.27. The maximum Gasteiger partial charge on any atom is 0.307 e. The van der Waals surface area contributed by atoms with Gasteiger partial charge < -0.3 is 10.2 Å². The van der Waals surface area contributed by atoms with Crippen molar-refractivity contribution in [3.05, 3.63) is 11.6 Å². The lowest BCUT2D eigenvalue weighted by Crippen LogP contribution is -2.32. The minimum Gasteiger partial charge on any atom is -0.481 e. The van der Waals surface area contributed by atoms with Crippen LogP contribution in [-0.4, -0.2) is 22.2 Å². The fraction of sp³-hybridized carbons (Fsp3) is 0.636. The van der Waals surface area contributed by atoms with Crippen LogP contribution < -0.4 is 0 Å². The van der Waals surface area contributed by atoms with Gasteiger partial charge in [0.15, 0.2) is 0 Å². The Balaban J connectivity index is 2.87. The van der Waals surface area contributed by atoms with Crippen LogP contribution in [0.5, 0.6) is 0 Å². The summed E-state index contributed by atoms with van der Waals surface area (Å²) in [7, 11) is 0. The average molecular weight is 212 g/mol. The smallest absolute Gasteiger partial charge is 0.307 e. The van der Waals surface area contributed by atoms with Gasteiger partial charge in [-0.2, -0.15) is 0 Å². The second-order valence-electron chi connectivity index (χ2n) is 4.26. The van der Waals surface area contributed by atoms with Crippen LogP contribution in [0.15, 0.2) is 11.6 Å². The molecule has 0 heterocycles. The quantitative estimate of drug-likeness (QED) is 0.699. The van der Waals surface area contributed by atoms with Gasteiger partial charge in [-0.1, -0.05) is 25.5 Å². The molecule has 4 heteroatoms. The van der Waals surface area contributed by atoms with Crippen molar-refractivity contribution in [2.75, 3.05) is 0 Å². The van der Waals surface area contributed by atoms with Crippen LogP contribution in [0.1, 0.15) is 26.7 Å². The first-order valence-corrected chi connectivity index (χ1v) is 5.08. The number of aliphatic carboxylic acids is 2. The minimum atomic E-state index is -1.01. The van der Waals surface area contributed by atoms with Gasteiger partial charge in [0.05, 0.1) is 11.8 Å². The number of allylic oxidation sites excluding steroid dienone is 2. The van der Waals surface area contributed by atoms with E-state index in [-0.39, 0.29) is 0 Å². The number of hydrogen-bond acceptors (Lipinski definition) is 2. The summed E-state index contributed by atoms with van der Waals surface area (Å²) in [5.74, 6) is -3.27. The first kappa shape index (κ1) is 11.8. The molecule has 0 saturated heterocycles. The summed E-state index contributed by atoms with van der Waals surface area (Å²) < 4.78 is 0. The second kappa shape index (κ2) is 4.47. The number of hydrogen-bond donors (Lipinski definition) is 2. The fourth-order valence-corrected chi connectivity index (χ4v) is 1.93. The molecule has 0 amide bonds. The first-order chi connectivity index (χ1) is 6.93. The van der Waals surface area contributed by atoms with Crippen molar-refractivity contribution in [2.45, 2.75) is 26.7 Å². The van der Waals surface area contributed by atoms with E-state index in [2.05, 4.69) is 0 Å². The van der Waals surface area contributed by atoms with Gasteiger partial charge in [-0.3, -0.25) is 9.59 Å². The van der Waals surface area contributed by atoms with Crippen LogP contribution in [0, 0.1) is 17.8 Å². The Morgan fingerprint density at radius 2 is 1.80 bits per heavy atom. The number of carboxylic acids is 2. The summed E-state index contributed by atoms with van der Waals surface area (Å²) in [5.41, 5.74) is 1.06. The Labute approximate surface area is 88.6 Å². The predicted molar refractivity (Wildman–Crippen MR) is 54.4 cm³/mol. The van der Waals surface area contributed by atoms with Gasteiger partial charge in [0.1, 0.15) is 0 Å². The van der Waals surface area contributed by atoms with Gasteiger partial charge in [0.2, 0.25) is 0 Å². The zero-order valence-corrected chi connectivity index (χ0v) is 8.93. The molecule has 0 saturated carbocycles. The number of carbonyl (C=O) groups is 2. The molecule has 0 fully saturated rings. The highest BCUT2D eigenvalue weighted by Gasteiger charge is 2.36. The highest BCUT2D eigenvalue weighted by atomic mass is 16.4. The summed E-state index contributed by atoms with van der Waals surface area (Å²) in [6.07, 6.45) is 2.58. The number of carboxylic acid groups (broad SMARTS) is 2. The van der Waals surface area contributed by atoms with E-state index in [4.69, 9.17) is 10.2 Å². The van der Waals surface area contributed by atoms with Gasteiger partial charge >= 0.3 is 11.9 Å². The van der Waals surface area contributed by atoms with Gasteiger partial charge in [-0.25, -0.2) is 0 Å². The highest BCUT2D eigenvalue weighted by Crippen LogP contribution is 2.33. The van der Waals surface area contributed by atoms with Gasteiger partial charge in [-0.15, -0.1) is 0 Å². The Hall–Kier alpha value is -1.32. The molecule has 2 N–H and O–H groups in total. The number of rotatable bonds is 3. The van der Waals surface area contributed by atoms with Crippen molar-refractivity contribution < 1.29 is 19.8 Å². The molecule has 1 rings (SSSR count). The van der Waals surface area contributed by atoms with E-state index in [1.807, 2.05) is 19.9 Å². The Morgan fingerprint density at radius 1 is 1.27 bits per heavy atom. The zero-order valence-electron chi connectivity index (χ0n) is 8.93. The molecule has 84 valence electrons. The average Bonchev–Trinajstić information content (AvgIpc) is 2.16. The molecule has 0 bridgehead atoms. The van der Waals surface area contributed by atoms with Crippen molar-refractivity contribution in [3.8, 4) is 0 Å². The van der Waals surface area contributed by atoms with E-state index in [1.165, 1.54) is 0 Å². The highest BCUT2D eigenvalue weighted by molar-refractivity contribution is 5.80. The van der Waals surface area contributed by atoms with Crippen molar-refractivity contribution in [2.24, 2.45) is 17.8 Å². The van der Waals surface area contributed by atoms with Gasteiger partial charge in [0.25, 0.3) is 0 Å². The molecule has 4 nitrogen and oxygen atoms in total. The third kappa shape index (κ3) is 2.58. The molecule has 0 unspecified atom stereocenters. The molecular weight excluding hydrogens is 196 g/mol. The molecule has 15 heavy (non-hydrogen) atoms. The Bertz CT molecular complexity index is 304. The second-order valence-corrected chi connectivity index (χ2v) is 4.26. The summed E-state index contributed by atoms with van der Waals surface area (Å²) in [6, 6.07) is 0.